The van der Waals surface area contributed by atoms with E-state index in [1.807, 2.05) is 141 Å². The molecule has 1 aliphatic heterocycles. The summed E-state index contributed by atoms with van der Waals surface area (Å²) < 4.78 is 50.2. The molecule has 5 amide bonds. The Kier molecular flexibility index (Phi) is 29.1. The number of furan rings is 2. The molecule has 24 rings (SSSR count). The average Bonchev–Trinajstić information content (AvgIpc) is 1.62. The number of carbonyl (C=O) groups is 5. The second kappa shape index (κ2) is 44.3. The number of aromatic nitrogens is 10. The lowest BCUT2D eigenvalue weighted by Gasteiger charge is -2.14. The van der Waals surface area contributed by atoms with Crippen molar-refractivity contribution in [3.63, 3.8) is 0 Å². The van der Waals surface area contributed by atoms with E-state index in [2.05, 4.69) is 211 Å². The van der Waals surface area contributed by atoms with Crippen molar-refractivity contribution in [2.75, 3.05) is 75.0 Å². The molecule has 148 heavy (non-hydrogen) atoms. The number of nitrogens with zero attached hydrogens (tertiary/aromatic N) is 5. The molecule has 1 saturated heterocycles. The molecule has 15 aromatic carbocycles. The number of carbonyl (C=O) groups excluding carboxylic acids is 5. The van der Waals surface area contributed by atoms with Gasteiger partial charge in [0.25, 0.3) is 29.5 Å². The van der Waals surface area contributed by atoms with Crippen LogP contribution in [0.25, 0.3) is 165 Å². The van der Waals surface area contributed by atoms with E-state index in [9.17, 15) is 24.0 Å². The van der Waals surface area contributed by atoms with Crippen molar-refractivity contribution in [1.82, 2.24) is 77.6 Å². The molecule has 7 aromatic heterocycles. The number of hydrogen-bond donors (Lipinski definition) is 10. The summed E-state index contributed by atoms with van der Waals surface area (Å²) >= 11 is 0. The molecule has 2 aliphatic rings. The van der Waals surface area contributed by atoms with Gasteiger partial charge in [-0.25, -0.2) is 0 Å². The molecule has 0 bridgehead atoms. The Labute approximate surface area is 849 Å². The Morgan fingerprint density at radius 1 is 0.331 bits per heavy atom. The quantitative estimate of drug-likeness (QED) is 0.0214. The van der Waals surface area contributed by atoms with Crippen LogP contribution in [-0.4, -0.2) is 162 Å². The molecule has 22 aromatic rings. The zero-order valence-electron chi connectivity index (χ0n) is 82.5. The summed E-state index contributed by atoms with van der Waals surface area (Å²) in [5.41, 5.74) is 15.2. The number of rotatable bonds is 27. The highest BCUT2D eigenvalue weighted by molar-refractivity contribution is 6.13. The third-order valence-corrected chi connectivity index (χ3v) is 26.5. The van der Waals surface area contributed by atoms with Crippen molar-refractivity contribution < 1.29 is 66.0 Å². The Hall–Kier alpha value is -18.2. The second-order valence-corrected chi connectivity index (χ2v) is 35.9. The number of amides is 5. The first kappa shape index (κ1) is 97.2. The van der Waals surface area contributed by atoms with Gasteiger partial charge < -0.3 is 68.6 Å². The van der Waals surface area contributed by atoms with Gasteiger partial charge in [-0.3, -0.25) is 49.5 Å². The van der Waals surface area contributed by atoms with E-state index >= 15 is 0 Å². The zero-order valence-corrected chi connectivity index (χ0v) is 82.5. The van der Waals surface area contributed by atoms with Gasteiger partial charge in [0, 0.05) is 60.7 Å². The van der Waals surface area contributed by atoms with Gasteiger partial charge in [0.05, 0.1) is 178 Å². The van der Waals surface area contributed by atoms with Gasteiger partial charge in [-0.05, 0) is 215 Å². The van der Waals surface area contributed by atoms with Crippen molar-refractivity contribution >= 4 is 138 Å². The van der Waals surface area contributed by atoms with Gasteiger partial charge in [0.1, 0.15) is 46.0 Å². The second-order valence-electron chi connectivity index (χ2n) is 35.9. The summed E-state index contributed by atoms with van der Waals surface area (Å²) in [4.78, 5) is 64.1. The van der Waals surface area contributed by atoms with Gasteiger partial charge in [-0.2, -0.15) is 25.5 Å². The minimum Gasteiger partial charge on any atom is -0.495 e. The lowest BCUT2D eigenvalue weighted by atomic mass is 10.0. The highest BCUT2D eigenvalue weighted by Crippen LogP contribution is 2.45. The number of H-pyrrole nitrogens is 5. The maximum Gasteiger partial charge on any atom is 0.255 e. The van der Waals surface area contributed by atoms with Gasteiger partial charge in [-0.1, -0.05) is 182 Å². The smallest absolute Gasteiger partial charge is 0.255 e. The summed E-state index contributed by atoms with van der Waals surface area (Å²) in [6, 6.07) is 97.5. The number of aryl methyl sites for hydroxylation is 1. The fourth-order valence-electron chi connectivity index (χ4n) is 18.9. The fourth-order valence-corrected chi connectivity index (χ4v) is 18.9. The fraction of sp³-hybridized carbons (Fsp3) is 0.176. The van der Waals surface area contributed by atoms with Crippen molar-refractivity contribution in [1.29, 1.82) is 0 Å². The van der Waals surface area contributed by atoms with E-state index in [1.165, 1.54) is 29.0 Å². The van der Waals surface area contributed by atoms with Crippen LogP contribution >= 0.6 is 0 Å². The number of benzene rings is 15. The summed E-state index contributed by atoms with van der Waals surface area (Å²) in [6.45, 7) is 7.92. The first-order valence-electron chi connectivity index (χ1n) is 49.0. The van der Waals surface area contributed by atoms with Crippen molar-refractivity contribution in [2.45, 2.75) is 58.7 Å². The zero-order chi connectivity index (χ0) is 102. The van der Waals surface area contributed by atoms with Crippen LogP contribution in [0.1, 0.15) is 102 Å². The monoisotopic (exact) mass is 1970 g/mol. The topological polar surface area (TPSA) is 380 Å². The molecular formula is C119H107N15O14. The van der Waals surface area contributed by atoms with Crippen LogP contribution in [0, 0.1) is 12.8 Å². The van der Waals surface area contributed by atoms with E-state index in [-0.39, 0.29) is 35.6 Å². The van der Waals surface area contributed by atoms with Gasteiger partial charge in [0.15, 0.2) is 0 Å². The van der Waals surface area contributed by atoms with Crippen LogP contribution in [0.15, 0.2) is 312 Å². The largest absolute Gasteiger partial charge is 0.495 e. The predicted octanol–water partition coefficient (Wildman–Crippen LogP) is 23.1. The maximum absolute atomic E-state index is 12.9. The third-order valence-electron chi connectivity index (χ3n) is 26.5. The van der Waals surface area contributed by atoms with E-state index in [1.54, 1.807) is 78.2 Å². The molecule has 1 unspecified atom stereocenters. The minimum absolute atomic E-state index is 0.0887. The molecule has 2 fully saturated rings. The summed E-state index contributed by atoms with van der Waals surface area (Å²) in [7, 11) is 7.89. The number of fused-ring (bicyclic) bond motifs is 10. The van der Waals surface area contributed by atoms with Gasteiger partial charge >= 0.3 is 0 Å². The molecule has 10 N–H and O–H groups in total. The summed E-state index contributed by atoms with van der Waals surface area (Å²) in [5, 5.41) is 67.9. The standard InChI is InChI=1S/C25H21N3O3.C24H23N3O3.C24H19N3O3.C23H23N3O3.C23H21N3O2/c1-15-7-10-19(31-15)14-26-25(29)20-11-12-21-22(24(20)30-2)23(28-27-21)18-9-8-16-5-3-4-6-17(16)13-18;2*1-29-23-19(24(28)25-14-18-7-4-12-30-18)10-11-20-21(23)22(27-26-20)17-9-8-15-5-2-3-6-16(15)13-17;1-3-29-13-12-24-23(27)18-10-11-19-20(22(18)28-2)21(26-25-19)17-9-8-15-6-4-5-7-16(15)14-17;1-28-22-18(23(27)24-13-14-6-7-14)10-11-19-20(22)21(26-25-19)17-9-8-15-4-2-3-5-16(15)12-17/h3-13H,14H2,1-2H3,(H,26,29)(H,27,28);2-3,5-6,8-11,13,18H,4,7,12,14H2,1H3,(H,25,28)(H,26,27);2-13H,14H2,1H3,(H,25,28)(H,26,27);4-11,14H,3,12-13H2,1-2H3,(H,24,27)(H,25,26);2-5,8-12,14H,6-7,13H2,1H3,(H,24,27)(H,25,26). The van der Waals surface area contributed by atoms with Crippen molar-refractivity contribution in [2.24, 2.45) is 5.92 Å². The van der Waals surface area contributed by atoms with E-state index in [4.69, 9.17) is 42.0 Å². The Morgan fingerprint density at radius 3 is 0.926 bits per heavy atom. The number of nitrogens with one attached hydrogen (secondary N) is 10. The van der Waals surface area contributed by atoms with Gasteiger partial charge in [0.2, 0.25) is 0 Å². The van der Waals surface area contributed by atoms with Gasteiger partial charge in [-0.15, -0.1) is 0 Å². The first-order valence-corrected chi connectivity index (χ1v) is 49.0. The van der Waals surface area contributed by atoms with Crippen LogP contribution in [0.3, 0.4) is 0 Å². The van der Waals surface area contributed by atoms with Crippen molar-refractivity contribution in [3.05, 3.63) is 349 Å². The lowest BCUT2D eigenvalue weighted by Crippen LogP contribution is -2.32. The molecule has 29 nitrogen and oxygen atoms in total. The number of methoxy groups -OCH3 is 5. The number of ether oxygens (including phenoxy) is 7. The highest BCUT2D eigenvalue weighted by Gasteiger charge is 2.30. The average molecular weight is 1970 g/mol. The molecule has 8 heterocycles. The molecule has 29 heteroatoms. The molecule has 0 spiro atoms. The molecule has 1 aliphatic carbocycles. The van der Waals surface area contributed by atoms with E-state index in [0.717, 1.165) is 180 Å². The van der Waals surface area contributed by atoms with E-state index < -0.39 is 0 Å². The number of aromatic amines is 5. The van der Waals surface area contributed by atoms with Crippen LogP contribution in [0.4, 0.5) is 0 Å². The molecular weight excluding hydrogens is 1860 g/mol. The molecule has 742 valence electrons. The molecule has 1 atom stereocenters. The number of hydrogen-bond acceptors (Lipinski definition) is 19. The van der Waals surface area contributed by atoms with Crippen molar-refractivity contribution in [3.8, 4) is 85.0 Å². The molecule has 1 saturated carbocycles. The summed E-state index contributed by atoms with van der Waals surface area (Å²) in [6.07, 6.45) is 6.08. The van der Waals surface area contributed by atoms with Crippen LogP contribution in [0.2, 0.25) is 0 Å². The highest BCUT2D eigenvalue weighted by atomic mass is 16.5. The first-order chi connectivity index (χ1) is 72.6. The van der Waals surface area contributed by atoms with Crippen LogP contribution < -0.4 is 50.3 Å². The van der Waals surface area contributed by atoms with Crippen LogP contribution in [0.5, 0.6) is 28.7 Å². The summed E-state index contributed by atoms with van der Waals surface area (Å²) in [5.74, 6) is 4.43. The predicted molar refractivity (Wildman–Crippen MR) is 578 cm³/mol. The van der Waals surface area contributed by atoms with Crippen LogP contribution in [-0.2, 0) is 22.6 Å². The normalized spacial score (nSPS) is 12.7. The molecule has 0 radical (unpaired) electrons. The Balaban J connectivity index is 0.000000112. The Bertz CT molecular complexity index is 8660. The minimum atomic E-state index is -0.240. The van der Waals surface area contributed by atoms with E-state index in [0.29, 0.717) is 113 Å². The SMILES string of the molecule is CCOCCNC(=O)c1ccc2n[nH]c(-c3ccc4ccccc4c3)c2c1OC.COc1c(C(=O)NCC2CC2)ccc2n[nH]c(-c3ccc4ccccc4c3)c12.COc1c(C(=O)NCC2CCCO2)ccc2n[nH]c(-c3ccc4ccccc4c3)c12.COc1c(C(=O)NCc2ccc(C)o2)ccc2n[nH]c(-c3ccc4ccccc4c3)c12.COc1c(C(=O)NCc2ccco2)ccc2n[nH]c(-c3ccc4ccccc4c3)c12. The third kappa shape index (κ3) is 20.9. The lowest BCUT2D eigenvalue weighted by molar-refractivity contribution is 0.0854. The Morgan fingerprint density at radius 2 is 0.642 bits per heavy atom. The maximum atomic E-state index is 12.9.